The lowest BCUT2D eigenvalue weighted by atomic mass is 10.2. The first kappa shape index (κ1) is 17.9. The molecule has 0 amide bonds. The van der Waals surface area contributed by atoms with Gasteiger partial charge in [-0.15, -0.1) is 0 Å². The molecule has 112 valence electrons. The lowest BCUT2D eigenvalue weighted by Gasteiger charge is -2.17. The number of halogens is 3. The second-order valence-corrected chi connectivity index (χ2v) is 3.43. The maximum atomic E-state index is 12.1. The van der Waals surface area contributed by atoms with E-state index in [4.69, 9.17) is 11.3 Å². The maximum absolute atomic E-state index is 12.1. The molecule has 0 saturated carbocycles. The van der Waals surface area contributed by atoms with Gasteiger partial charge in [0.15, 0.2) is 0 Å². The number of hydrogen-bond acceptors (Lipinski definition) is 2. The summed E-state index contributed by atoms with van der Waals surface area (Å²) in [6.45, 7) is 4.06. The molecule has 0 radical (unpaired) electrons. The van der Waals surface area contributed by atoms with Gasteiger partial charge in [0.05, 0.1) is 6.54 Å². The van der Waals surface area contributed by atoms with Crippen molar-refractivity contribution >= 4 is 11.8 Å². The second kappa shape index (κ2) is 8.16. The van der Waals surface area contributed by atoms with E-state index in [9.17, 15) is 13.2 Å². The van der Waals surface area contributed by atoms with Gasteiger partial charge in [-0.1, -0.05) is 44.2 Å². The largest absolute Gasteiger partial charge is 0.449 e. The fraction of sp³-hybridized carbons (Fsp3) is 0.333. The van der Waals surface area contributed by atoms with Crippen LogP contribution >= 0.6 is 0 Å². The molecule has 0 bridgehead atoms. The molecule has 0 aliphatic rings. The zero-order valence-electron chi connectivity index (χ0n) is 11.3. The summed E-state index contributed by atoms with van der Waals surface area (Å²) in [6.07, 6.45) is -4.76. The lowest BCUT2D eigenvalue weighted by molar-refractivity contribution is -0.0597. The molecule has 0 atom stereocenters. The highest BCUT2D eigenvalue weighted by molar-refractivity contribution is 5.96. The number of nitrogens with one attached hydrogen (secondary N) is 1. The third-order valence-corrected chi connectivity index (χ3v) is 1.98. The van der Waals surface area contributed by atoms with E-state index in [0.29, 0.717) is 0 Å². The lowest BCUT2D eigenvalue weighted by Crippen LogP contribution is -2.39. The number of rotatable bonds is 2. The van der Waals surface area contributed by atoms with E-state index in [-0.39, 0.29) is 6.54 Å². The van der Waals surface area contributed by atoms with E-state index in [2.05, 4.69) is 10.7 Å². The first-order chi connectivity index (χ1) is 9.30. The molecule has 0 aliphatic carbocycles. The summed E-state index contributed by atoms with van der Waals surface area (Å²) >= 11 is 0. The highest BCUT2D eigenvalue weighted by Gasteiger charge is 2.34. The van der Waals surface area contributed by atoms with Gasteiger partial charge in [0, 0.05) is 0 Å². The van der Waals surface area contributed by atoms with Crippen molar-refractivity contribution in [3.8, 4) is 0 Å². The molecular formula is C12H18F3N5. The molecule has 1 aromatic carbocycles. The predicted molar refractivity (Wildman–Crippen MR) is 72.9 cm³/mol. The minimum absolute atomic E-state index is 0.0638. The Hall–Kier alpha value is -2.09. The number of benzene rings is 1. The monoisotopic (exact) mass is 289 g/mol. The van der Waals surface area contributed by atoms with Crippen LogP contribution in [0, 0.1) is 5.41 Å². The summed E-state index contributed by atoms with van der Waals surface area (Å²) in [5, 5.41) is 8.06. The van der Waals surface area contributed by atoms with Gasteiger partial charge in [-0.25, -0.2) is 5.84 Å². The van der Waals surface area contributed by atoms with E-state index in [1.165, 1.54) is 0 Å². The summed E-state index contributed by atoms with van der Waals surface area (Å²) in [5.41, 5.74) is 5.43. The average Bonchev–Trinajstić information content (AvgIpc) is 2.41. The molecule has 1 rings (SSSR count). The van der Waals surface area contributed by atoms with Crippen molar-refractivity contribution in [2.75, 3.05) is 0 Å². The first-order valence-corrected chi connectivity index (χ1v) is 5.87. The van der Waals surface area contributed by atoms with Crippen molar-refractivity contribution in [2.24, 2.45) is 16.6 Å². The topological polar surface area (TPSA) is 91.5 Å². The van der Waals surface area contributed by atoms with E-state index < -0.39 is 18.0 Å². The van der Waals surface area contributed by atoms with Gasteiger partial charge >= 0.3 is 6.18 Å². The van der Waals surface area contributed by atoms with Crippen LogP contribution in [0.15, 0.2) is 35.3 Å². The molecule has 0 heterocycles. The normalized spacial score (nSPS) is 11.4. The molecule has 0 saturated heterocycles. The number of alkyl halides is 3. The fourth-order valence-corrected chi connectivity index (χ4v) is 1.10. The van der Waals surface area contributed by atoms with Gasteiger partial charge in [0.2, 0.25) is 11.8 Å². The SMILES string of the molecule is CC.N=C(/N=C(\N)C(F)(F)F)N(N)Cc1ccccc1. The molecule has 5 N–H and O–H groups in total. The van der Waals surface area contributed by atoms with Crippen LogP contribution in [0.3, 0.4) is 0 Å². The van der Waals surface area contributed by atoms with Crippen LogP contribution in [0.5, 0.6) is 0 Å². The van der Waals surface area contributed by atoms with Gasteiger partial charge < -0.3 is 5.73 Å². The average molecular weight is 289 g/mol. The summed E-state index contributed by atoms with van der Waals surface area (Å²) in [7, 11) is 0. The van der Waals surface area contributed by atoms with Crippen molar-refractivity contribution in [2.45, 2.75) is 26.6 Å². The number of guanidine groups is 1. The smallest absolute Gasteiger partial charge is 0.379 e. The van der Waals surface area contributed by atoms with Gasteiger partial charge in [0.1, 0.15) is 0 Å². The third kappa shape index (κ3) is 6.19. The van der Waals surface area contributed by atoms with Crippen molar-refractivity contribution < 1.29 is 13.2 Å². The van der Waals surface area contributed by atoms with E-state index >= 15 is 0 Å². The fourth-order valence-electron chi connectivity index (χ4n) is 1.10. The summed E-state index contributed by atoms with van der Waals surface area (Å²) in [5.74, 6) is 3.06. The molecular weight excluding hydrogens is 271 g/mol. The van der Waals surface area contributed by atoms with Crippen LogP contribution in [0.25, 0.3) is 0 Å². The second-order valence-electron chi connectivity index (χ2n) is 3.43. The number of nitrogens with zero attached hydrogens (tertiary/aromatic N) is 2. The zero-order chi connectivity index (χ0) is 15.8. The highest BCUT2D eigenvalue weighted by atomic mass is 19.4. The summed E-state index contributed by atoms with van der Waals surface area (Å²) in [6, 6.07) is 8.74. The maximum Gasteiger partial charge on any atom is 0.449 e. The van der Waals surface area contributed by atoms with E-state index in [0.717, 1.165) is 10.6 Å². The Morgan fingerprint density at radius 3 is 2.20 bits per heavy atom. The van der Waals surface area contributed by atoms with E-state index in [1.807, 2.05) is 13.8 Å². The molecule has 20 heavy (non-hydrogen) atoms. The predicted octanol–water partition coefficient (Wildman–Crippen LogP) is 2.24. The van der Waals surface area contributed by atoms with Crippen LogP contribution in [-0.2, 0) is 6.54 Å². The molecule has 0 aromatic heterocycles. The van der Waals surface area contributed by atoms with Gasteiger partial charge in [-0.2, -0.15) is 18.2 Å². The summed E-state index contributed by atoms with van der Waals surface area (Å²) in [4.78, 5) is 2.90. The van der Waals surface area contributed by atoms with Crippen molar-refractivity contribution in [1.29, 1.82) is 5.41 Å². The van der Waals surface area contributed by atoms with Crippen LogP contribution in [0.4, 0.5) is 13.2 Å². The molecule has 5 nitrogen and oxygen atoms in total. The van der Waals surface area contributed by atoms with Gasteiger partial charge in [-0.3, -0.25) is 10.4 Å². The molecule has 0 unspecified atom stereocenters. The molecule has 1 aromatic rings. The highest BCUT2D eigenvalue weighted by Crippen LogP contribution is 2.14. The van der Waals surface area contributed by atoms with Gasteiger partial charge in [-0.05, 0) is 5.56 Å². The standard InChI is InChI=1S/C10H12F3N5.C2H6/c11-10(12,13)8(14)17-9(15)18(16)6-7-4-2-1-3-5-7;1-2/h1-5H,6,16H2,(H3,14,15,17);1-2H3. The number of hydrogen-bond donors (Lipinski definition) is 3. The molecule has 0 spiro atoms. The number of nitrogens with two attached hydrogens (primary N) is 2. The zero-order valence-corrected chi connectivity index (χ0v) is 11.3. The Bertz CT molecular complexity index is 442. The Labute approximate surface area is 115 Å². The van der Waals surface area contributed by atoms with Crippen molar-refractivity contribution in [1.82, 2.24) is 5.01 Å². The van der Waals surface area contributed by atoms with Crippen LogP contribution in [0.2, 0.25) is 0 Å². The Morgan fingerprint density at radius 1 is 1.25 bits per heavy atom. The minimum atomic E-state index is -4.76. The number of hydrazine groups is 1. The Morgan fingerprint density at radius 2 is 1.75 bits per heavy atom. The summed E-state index contributed by atoms with van der Waals surface area (Å²) < 4.78 is 36.3. The Kier molecular flexibility index (Phi) is 7.30. The number of aliphatic imine (C=N–C) groups is 1. The molecule has 8 heteroatoms. The molecule has 0 fully saturated rings. The molecule has 0 aliphatic heterocycles. The van der Waals surface area contributed by atoms with E-state index in [1.54, 1.807) is 30.3 Å². The van der Waals surface area contributed by atoms with Crippen LogP contribution in [0.1, 0.15) is 19.4 Å². The first-order valence-electron chi connectivity index (χ1n) is 5.87. The quantitative estimate of drug-likeness (QED) is 0.337. The Balaban J connectivity index is 0.00000172. The van der Waals surface area contributed by atoms with Crippen LogP contribution in [-0.4, -0.2) is 23.0 Å². The minimum Gasteiger partial charge on any atom is -0.379 e. The van der Waals surface area contributed by atoms with Crippen molar-refractivity contribution in [3.05, 3.63) is 35.9 Å². The van der Waals surface area contributed by atoms with Gasteiger partial charge in [0.25, 0.3) is 0 Å². The number of amidine groups is 1. The van der Waals surface area contributed by atoms with Crippen molar-refractivity contribution in [3.63, 3.8) is 0 Å². The third-order valence-electron chi connectivity index (χ3n) is 1.98. The van der Waals surface area contributed by atoms with Crippen LogP contribution < -0.4 is 11.6 Å².